The Labute approximate surface area is 122 Å². The molecule has 21 heavy (non-hydrogen) atoms. The van der Waals surface area contributed by atoms with Crippen LogP contribution in [0.15, 0.2) is 12.1 Å². The maximum absolute atomic E-state index is 13.8. The molecular formula is C15H18F2N2O2. The minimum atomic E-state index is -0.847. The van der Waals surface area contributed by atoms with Crippen LogP contribution >= 0.6 is 0 Å². The molecule has 6 heteroatoms. The number of halogens is 2. The standard InChI is InChI=1S/C15H18F2N2O2/c1-4-5-18-14(20)9-21-15-12(16)6-11(7-13(15)17)8-19-10(2)3/h1,6-7,10,19H,5,8-9H2,2-3H3,(H,18,20). The van der Waals surface area contributed by atoms with Gasteiger partial charge in [0.1, 0.15) is 0 Å². The van der Waals surface area contributed by atoms with E-state index in [9.17, 15) is 13.6 Å². The van der Waals surface area contributed by atoms with Crippen LogP contribution in [0.2, 0.25) is 0 Å². The summed E-state index contributed by atoms with van der Waals surface area (Å²) in [5, 5.41) is 5.38. The lowest BCUT2D eigenvalue weighted by Crippen LogP contribution is -2.29. The highest BCUT2D eigenvalue weighted by molar-refractivity contribution is 5.77. The van der Waals surface area contributed by atoms with Crippen LogP contribution in [0.25, 0.3) is 0 Å². The van der Waals surface area contributed by atoms with E-state index in [4.69, 9.17) is 11.2 Å². The van der Waals surface area contributed by atoms with Crippen molar-refractivity contribution in [3.05, 3.63) is 29.3 Å². The lowest BCUT2D eigenvalue weighted by atomic mass is 10.2. The van der Waals surface area contributed by atoms with Gasteiger partial charge in [0.05, 0.1) is 6.54 Å². The van der Waals surface area contributed by atoms with E-state index >= 15 is 0 Å². The van der Waals surface area contributed by atoms with E-state index in [-0.39, 0.29) is 12.6 Å². The smallest absolute Gasteiger partial charge is 0.258 e. The number of benzene rings is 1. The molecular weight excluding hydrogens is 278 g/mol. The average molecular weight is 296 g/mol. The van der Waals surface area contributed by atoms with Gasteiger partial charge >= 0.3 is 0 Å². The van der Waals surface area contributed by atoms with Gasteiger partial charge in [0.2, 0.25) is 0 Å². The highest BCUT2D eigenvalue weighted by Gasteiger charge is 2.14. The number of rotatable bonds is 7. The third-order valence-corrected chi connectivity index (χ3v) is 2.51. The maximum atomic E-state index is 13.8. The Hall–Kier alpha value is -2.13. The summed E-state index contributed by atoms with van der Waals surface area (Å²) in [6.45, 7) is 3.73. The average Bonchev–Trinajstić information content (AvgIpc) is 2.41. The Morgan fingerprint density at radius 3 is 2.52 bits per heavy atom. The van der Waals surface area contributed by atoms with Crippen molar-refractivity contribution in [1.29, 1.82) is 0 Å². The summed E-state index contributed by atoms with van der Waals surface area (Å²) >= 11 is 0. The van der Waals surface area contributed by atoms with Crippen molar-refractivity contribution >= 4 is 5.91 Å². The number of hydrogen-bond acceptors (Lipinski definition) is 3. The topological polar surface area (TPSA) is 50.4 Å². The van der Waals surface area contributed by atoms with Crippen molar-refractivity contribution < 1.29 is 18.3 Å². The normalized spacial score (nSPS) is 10.3. The van der Waals surface area contributed by atoms with Gasteiger partial charge in [-0.05, 0) is 17.7 Å². The molecule has 0 aromatic heterocycles. The molecule has 0 aliphatic heterocycles. The van der Waals surface area contributed by atoms with Crippen LogP contribution in [0.5, 0.6) is 5.75 Å². The number of terminal acetylenes is 1. The molecule has 0 bridgehead atoms. The molecule has 1 aromatic rings. The minimum Gasteiger partial charge on any atom is -0.478 e. The van der Waals surface area contributed by atoms with Crippen LogP contribution in [0.4, 0.5) is 8.78 Å². The fourth-order valence-electron chi connectivity index (χ4n) is 1.51. The van der Waals surface area contributed by atoms with Crippen LogP contribution in [0.3, 0.4) is 0 Å². The van der Waals surface area contributed by atoms with Gasteiger partial charge in [-0.2, -0.15) is 0 Å². The summed E-state index contributed by atoms with van der Waals surface area (Å²) in [5.41, 5.74) is 0.461. The van der Waals surface area contributed by atoms with Crippen LogP contribution in [-0.2, 0) is 11.3 Å². The van der Waals surface area contributed by atoms with Gasteiger partial charge in [-0.25, -0.2) is 8.78 Å². The molecule has 114 valence electrons. The largest absolute Gasteiger partial charge is 0.478 e. The number of ether oxygens (including phenoxy) is 1. The molecule has 0 heterocycles. The monoisotopic (exact) mass is 296 g/mol. The third-order valence-electron chi connectivity index (χ3n) is 2.51. The first kappa shape index (κ1) is 16.9. The van der Waals surface area contributed by atoms with Crippen LogP contribution in [0, 0.1) is 24.0 Å². The molecule has 1 amide bonds. The van der Waals surface area contributed by atoms with Crippen molar-refractivity contribution in [3.8, 4) is 18.1 Å². The number of carbonyl (C=O) groups excluding carboxylic acids is 1. The predicted octanol–water partition coefficient (Wildman–Crippen LogP) is 1.59. The molecule has 0 saturated carbocycles. The van der Waals surface area contributed by atoms with Crippen molar-refractivity contribution in [2.24, 2.45) is 0 Å². The van der Waals surface area contributed by atoms with Gasteiger partial charge < -0.3 is 15.4 Å². The van der Waals surface area contributed by atoms with Crippen LogP contribution in [-0.4, -0.2) is 25.1 Å². The fraction of sp³-hybridized carbons (Fsp3) is 0.400. The molecule has 0 radical (unpaired) electrons. The molecule has 0 atom stereocenters. The van der Waals surface area contributed by atoms with Crippen molar-refractivity contribution in [2.45, 2.75) is 26.4 Å². The van der Waals surface area contributed by atoms with Gasteiger partial charge in [-0.1, -0.05) is 19.8 Å². The second-order valence-electron chi connectivity index (χ2n) is 4.69. The Bertz CT molecular complexity index is 516. The highest BCUT2D eigenvalue weighted by atomic mass is 19.1. The highest BCUT2D eigenvalue weighted by Crippen LogP contribution is 2.23. The SMILES string of the molecule is C#CCNC(=O)COc1c(F)cc(CNC(C)C)cc1F. The van der Waals surface area contributed by atoms with E-state index in [1.165, 1.54) is 12.1 Å². The lowest BCUT2D eigenvalue weighted by Gasteiger charge is -2.11. The van der Waals surface area contributed by atoms with E-state index in [0.29, 0.717) is 12.1 Å². The first-order valence-corrected chi connectivity index (χ1v) is 6.48. The molecule has 1 aromatic carbocycles. The summed E-state index contributed by atoms with van der Waals surface area (Å²) in [6.07, 6.45) is 4.97. The molecule has 2 N–H and O–H groups in total. The fourth-order valence-corrected chi connectivity index (χ4v) is 1.51. The second-order valence-corrected chi connectivity index (χ2v) is 4.69. The van der Waals surface area contributed by atoms with Crippen molar-refractivity contribution in [1.82, 2.24) is 10.6 Å². The molecule has 4 nitrogen and oxygen atoms in total. The van der Waals surface area contributed by atoms with Gasteiger partial charge in [-0.15, -0.1) is 6.42 Å². The maximum Gasteiger partial charge on any atom is 0.258 e. The molecule has 0 unspecified atom stereocenters. The van der Waals surface area contributed by atoms with Crippen molar-refractivity contribution in [3.63, 3.8) is 0 Å². The molecule has 0 aliphatic rings. The van der Waals surface area contributed by atoms with Crippen LogP contribution < -0.4 is 15.4 Å². The third kappa shape index (κ3) is 5.79. The summed E-state index contributed by atoms with van der Waals surface area (Å²) in [7, 11) is 0. The second kappa shape index (κ2) is 8.22. The van der Waals surface area contributed by atoms with E-state index in [0.717, 1.165) is 0 Å². The number of amides is 1. The summed E-state index contributed by atoms with van der Waals surface area (Å²) < 4.78 is 32.4. The van der Waals surface area contributed by atoms with E-state index < -0.39 is 29.9 Å². The first-order chi connectivity index (χ1) is 9.93. The summed E-state index contributed by atoms with van der Waals surface area (Å²) in [4.78, 5) is 11.3. The van der Waals surface area contributed by atoms with E-state index in [2.05, 4.69) is 16.6 Å². The Morgan fingerprint density at radius 2 is 2.00 bits per heavy atom. The zero-order valence-electron chi connectivity index (χ0n) is 12.0. The van der Waals surface area contributed by atoms with Crippen LogP contribution in [0.1, 0.15) is 19.4 Å². The summed E-state index contributed by atoms with van der Waals surface area (Å²) in [5.74, 6) is -0.601. The molecule has 1 rings (SSSR count). The quantitative estimate of drug-likeness (QED) is 0.751. The van der Waals surface area contributed by atoms with E-state index in [1.807, 2.05) is 13.8 Å². The van der Waals surface area contributed by atoms with E-state index in [1.54, 1.807) is 0 Å². The molecule has 0 aliphatic carbocycles. The van der Waals surface area contributed by atoms with Gasteiger partial charge in [0.25, 0.3) is 5.91 Å². The zero-order chi connectivity index (χ0) is 15.8. The van der Waals surface area contributed by atoms with Gasteiger partial charge in [0.15, 0.2) is 24.0 Å². The minimum absolute atomic E-state index is 0.0347. The lowest BCUT2D eigenvalue weighted by molar-refractivity contribution is -0.122. The number of nitrogens with one attached hydrogen (secondary N) is 2. The zero-order valence-corrected chi connectivity index (χ0v) is 12.0. The Kier molecular flexibility index (Phi) is 6.63. The Balaban J connectivity index is 2.67. The van der Waals surface area contributed by atoms with Gasteiger partial charge in [-0.3, -0.25) is 4.79 Å². The number of hydrogen-bond donors (Lipinski definition) is 2. The summed E-state index contributed by atoms with van der Waals surface area (Å²) in [6, 6.07) is 2.55. The Morgan fingerprint density at radius 1 is 1.38 bits per heavy atom. The molecule has 0 spiro atoms. The number of carbonyl (C=O) groups is 1. The molecule has 0 saturated heterocycles. The van der Waals surface area contributed by atoms with Gasteiger partial charge in [0, 0.05) is 12.6 Å². The van der Waals surface area contributed by atoms with Crippen molar-refractivity contribution in [2.75, 3.05) is 13.2 Å². The first-order valence-electron chi connectivity index (χ1n) is 6.48. The predicted molar refractivity (Wildman–Crippen MR) is 75.7 cm³/mol. The molecule has 0 fully saturated rings.